The van der Waals surface area contributed by atoms with Gasteiger partial charge in [-0.25, -0.2) is 0 Å². The second-order valence-corrected chi connectivity index (χ2v) is 6.80. The molecule has 0 saturated carbocycles. The van der Waals surface area contributed by atoms with E-state index in [2.05, 4.69) is 74.5 Å². The molecule has 0 heterocycles. The van der Waals surface area contributed by atoms with Crippen molar-refractivity contribution in [2.24, 2.45) is 0 Å². The first-order valence-electron chi connectivity index (χ1n) is 9.26. The quantitative estimate of drug-likeness (QED) is 0.453. The molecular formula is C24H24N2. The average Bonchev–Trinajstić information content (AvgIpc) is 2.68. The summed E-state index contributed by atoms with van der Waals surface area (Å²) in [6.07, 6.45) is 1.80. The molecule has 130 valence electrons. The third kappa shape index (κ3) is 2.41. The Morgan fingerprint density at radius 2 is 1.00 bits per heavy atom. The highest BCUT2D eigenvalue weighted by molar-refractivity contribution is 6.14. The first-order chi connectivity index (χ1) is 12.7. The van der Waals surface area contributed by atoms with Crippen molar-refractivity contribution < 1.29 is 0 Å². The molecule has 0 saturated heterocycles. The molecule has 2 nitrogen and oxygen atoms in total. The van der Waals surface area contributed by atoms with Gasteiger partial charge < -0.3 is 11.5 Å². The molecule has 0 aliphatic heterocycles. The van der Waals surface area contributed by atoms with Crippen molar-refractivity contribution in [2.45, 2.75) is 26.7 Å². The Hall–Kier alpha value is -3.00. The monoisotopic (exact) mass is 340 g/mol. The number of rotatable bonds is 3. The molecule has 4 rings (SSSR count). The summed E-state index contributed by atoms with van der Waals surface area (Å²) in [6, 6.07) is 21.3. The summed E-state index contributed by atoms with van der Waals surface area (Å²) in [5, 5.41) is 4.73. The molecule has 0 aliphatic rings. The van der Waals surface area contributed by atoms with Gasteiger partial charge in [0.2, 0.25) is 0 Å². The van der Waals surface area contributed by atoms with E-state index in [0.29, 0.717) is 0 Å². The Morgan fingerprint density at radius 1 is 0.615 bits per heavy atom. The van der Waals surface area contributed by atoms with E-state index in [1.807, 2.05) is 0 Å². The van der Waals surface area contributed by atoms with E-state index in [1.165, 1.54) is 21.9 Å². The summed E-state index contributed by atoms with van der Waals surface area (Å²) in [7, 11) is 0. The molecule has 0 fully saturated rings. The fourth-order valence-electron chi connectivity index (χ4n) is 3.97. The van der Waals surface area contributed by atoms with Crippen LogP contribution >= 0.6 is 0 Å². The highest BCUT2D eigenvalue weighted by atomic mass is 14.6. The van der Waals surface area contributed by atoms with Crippen LogP contribution in [0.3, 0.4) is 0 Å². The third-order valence-corrected chi connectivity index (χ3v) is 5.36. The molecule has 0 amide bonds. The zero-order valence-electron chi connectivity index (χ0n) is 15.3. The summed E-state index contributed by atoms with van der Waals surface area (Å²) in [4.78, 5) is 0. The Balaban J connectivity index is 2.24. The summed E-state index contributed by atoms with van der Waals surface area (Å²) < 4.78 is 0. The first kappa shape index (κ1) is 16.5. The summed E-state index contributed by atoms with van der Waals surface area (Å²) in [6.45, 7) is 4.29. The van der Waals surface area contributed by atoms with Crippen molar-refractivity contribution >= 4 is 32.9 Å². The van der Waals surface area contributed by atoms with Crippen LogP contribution < -0.4 is 11.5 Å². The topological polar surface area (TPSA) is 52.0 Å². The van der Waals surface area contributed by atoms with Crippen molar-refractivity contribution in [3.05, 3.63) is 71.8 Å². The molecule has 0 bridgehead atoms. The van der Waals surface area contributed by atoms with Crippen molar-refractivity contribution in [3.8, 4) is 11.1 Å². The van der Waals surface area contributed by atoms with Gasteiger partial charge in [0.25, 0.3) is 0 Å². The van der Waals surface area contributed by atoms with E-state index in [1.54, 1.807) is 0 Å². The maximum Gasteiger partial charge on any atom is 0.0433 e. The number of benzene rings is 4. The second-order valence-electron chi connectivity index (χ2n) is 6.80. The molecule has 0 aromatic heterocycles. The van der Waals surface area contributed by atoms with Crippen LogP contribution in [-0.2, 0) is 12.8 Å². The largest absolute Gasteiger partial charge is 0.398 e. The maximum absolute atomic E-state index is 6.69. The average molecular weight is 340 g/mol. The fourth-order valence-corrected chi connectivity index (χ4v) is 3.97. The first-order valence-corrected chi connectivity index (χ1v) is 9.26. The van der Waals surface area contributed by atoms with Gasteiger partial charge in [-0.2, -0.15) is 0 Å². The van der Waals surface area contributed by atoms with Gasteiger partial charge in [-0.05, 0) is 57.6 Å². The zero-order chi connectivity index (χ0) is 18.3. The molecule has 4 aromatic carbocycles. The van der Waals surface area contributed by atoms with Crippen molar-refractivity contribution in [3.63, 3.8) is 0 Å². The molecule has 0 atom stereocenters. The number of fused-ring (bicyclic) bond motifs is 2. The van der Waals surface area contributed by atoms with Gasteiger partial charge in [-0.15, -0.1) is 0 Å². The van der Waals surface area contributed by atoms with E-state index in [9.17, 15) is 0 Å². The fraction of sp³-hybridized carbons (Fsp3) is 0.167. The predicted molar refractivity (Wildman–Crippen MR) is 114 cm³/mol. The van der Waals surface area contributed by atoms with Crippen LogP contribution in [0, 0.1) is 0 Å². The highest BCUT2D eigenvalue weighted by Gasteiger charge is 2.18. The number of aryl methyl sites for hydroxylation is 2. The summed E-state index contributed by atoms with van der Waals surface area (Å²) >= 11 is 0. The standard InChI is InChI=1S/C24H24N2/c1-3-15-13-17-9-5-7-11-19(17)21(23(15)25)22-20-12-8-6-10-18(20)14-16(4-2)24(22)26/h5-14H,3-4,25-26H2,1-2H3. The van der Waals surface area contributed by atoms with Crippen LogP contribution in [0.25, 0.3) is 32.7 Å². The Morgan fingerprint density at radius 3 is 1.38 bits per heavy atom. The van der Waals surface area contributed by atoms with Gasteiger partial charge in [-0.3, -0.25) is 0 Å². The lowest BCUT2D eigenvalue weighted by atomic mass is 9.87. The van der Waals surface area contributed by atoms with Gasteiger partial charge in [-0.1, -0.05) is 62.4 Å². The van der Waals surface area contributed by atoms with Gasteiger partial charge in [0, 0.05) is 22.5 Å². The van der Waals surface area contributed by atoms with E-state index < -0.39 is 0 Å². The minimum Gasteiger partial charge on any atom is -0.398 e. The number of anilines is 2. The van der Waals surface area contributed by atoms with Gasteiger partial charge in [0.15, 0.2) is 0 Å². The van der Waals surface area contributed by atoms with Crippen molar-refractivity contribution in [2.75, 3.05) is 11.5 Å². The Kier molecular flexibility index (Phi) is 4.04. The number of hydrogen-bond donors (Lipinski definition) is 2. The smallest absolute Gasteiger partial charge is 0.0433 e. The van der Waals surface area contributed by atoms with Crippen LogP contribution in [0.1, 0.15) is 25.0 Å². The van der Waals surface area contributed by atoms with Crippen LogP contribution in [0.2, 0.25) is 0 Å². The number of nitrogen functional groups attached to an aromatic ring is 2. The lowest BCUT2D eigenvalue weighted by molar-refractivity contribution is 1.15. The van der Waals surface area contributed by atoms with E-state index >= 15 is 0 Å². The Labute approximate surface area is 154 Å². The SMILES string of the molecule is CCc1cc2ccccc2c(-c2c(N)c(CC)cc3ccccc23)c1N. The predicted octanol–water partition coefficient (Wildman–Crippen LogP) is 5.95. The van der Waals surface area contributed by atoms with Crippen LogP contribution in [-0.4, -0.2) is 0 Å². The minimum absolute atomic E-state index is 0.844. The number of nitrogens with two attached hydrogens (primary N) is 2. The minimum atomic E-state index is 0.844. The Bertz CT molecular complexity index is 1030. The molecule has 4 aromatic rings. The third-order valence-electron chi connectivity index (χ3n) is 5.36. The number of hydrogen-bond acceptors (Lipinski definition) is 2. The molecule has 0 spiro atoms. The molecule has 0 aliphatic carbocycles. The lowest BCUT2D eigenvalue weighted by Gasteiger charge is -2.20. The summed E-state index contributed by atoms with van der Waals surface area (Å²) in [5.74, 6) is 0. The van der Waals surface area contributed by atoms with E-state index in [-0.39, 0.29) is 0 Å². The van der Waals surface area contributed by atoms with E-state index in [4.69, 9.17) is 11.5 Å². The zero-order valence-corrected chi connectivity index (χ0v) is 15.3. The van der Waals surface area contributed by atoms with Crippen LogP contribution in [0.15, 0.2) is 60.7 Å². The van der Waals surface area contributed by atoms with Crippen molar-refractivity contribution in [1.82, 2.24) is 0 Å². The molecule has 0 unspecified atom stereocenters. The highest BCUT2D eigenvalue weighted by Crippen LogP contribution is 2.44. The van der Waals surface area contributed by atoms with Crippen molar-refractivity contribution in [1.29, 1.82) is 0 Å². The molecule has 0 radical (unpaired) electrons. The maximum atomic E-state index is 6.69. The second kappa shape index (κ2) is 6.38. The van der Waals surface area contributed by atoms with Crippen LogP contribution in [0.5, 0.6) is 0 Å². The molecular weight excluding hydrogens is 316 g/mol. The van der Waals surface area contributed by atoms with Gasteiger partial charge in [0.1, 0.15) is 0 Å². The lowest BCUT2D eigenvalue weighted by Crippen LogP contribution is -2.03. The molecule has 4 N–H and O–H groups in total. The van der Waals surface area contributed by atoms with Gasteiger partial charge in [0.05, 0.1) is 0 Å². The molecule has 2 heteroatoms. The van der Waals surface area contributed by atoms with E-state index in [0.717, 1.165) is 46.1 Å². The molecule has 26 heavy (non-hydrogen) atoms. The van der Waals surface area contributed by atoms with Crippen LogP contribution in [0.4, 0.5) is 11.4 Å². The summed E-state index contributed by atoms with van der Waals surface area (Å²) in [5.41, 5.74) is 19.6. The van der Waals surface area contributed by atoms with Gasteiger partial charge >= 0.3 is 0 Å². The normalized spacial score (nSPS) is 11.3.